The summed E-state index contributed by atoms with van der Waals surface area (Å²) in [7, 11) is 0. The van der Waals surface area contributed by atoms with Crippen molar-refractivity contribution in [3.63, 3.8) is 0 Å². The first-order valence-electron chi connectivity index (χ1n) is 11.5. The van der Waals surface area contributed by atoms with Crippen molar-refractivity contribution in [2.75, 3.05) is 18.4 Å². The first-order valence-corrected chi connectivity index (χ1v) is 11.5. The summed E-state index contributed by atoms with van der Waals surface area (Å²) in [6.45, 7) is 5.46. The van der Waals surface area contributed by atoms with Gasteiger partial charge in [-0.25, -0.2) is 0 Å². The van der Waals surface area contributed by atoms with Crippen LogP contribution in [-0.4, -0.2) is 34.8 Å². The Bertz CT molecular complexity index is 1180. The van der Waals surface area contributed by atoms with Gasteiger partial charge in [0, 0.05) is 35.8 Å². The summed E-state index contributed by atoms with van der Waals surface area (Å²) in [5.74, 6) is 0.240. The highest BCUT2D eigenvalue weighted by Gasteiger charge is 2.58. The zero-order valence-corrected chi connectivity index (χ0v) is 18.7. The number of pyridine rings is 1. The molecule has 5 rings (SSSR count). The lowest BCUT2D eigenvalue weighted by atomic mass is 9.90. The Morgan fingerprint density at radius 1 is 1.09 bits per heavy atom. The number of piperidine rings is 1. The fraction of sp³-hybridized carbons (Fsp3) is 0.370. The molecule has 1 spiro atoms. The monoisotopic (exact) mass is 427 g/mol. The molecule has 1 aliphatic carbocycles. The fourth-order valence-corrected chi connectivity index (χ4v) is 5.15. The number of likely N-dealkylation sites (tertiary alicyclic amines) is 1. The van der Waals surface area contributed by atoms with Gasteiger partial charge in [0.1, 0.15) is 0 Å². The van der Waals surface area contributed by atoms with Gasteiger partial charge in [0.05, 0.1) is 11.1 Å². The van der Waals surface area contributed by atoms with Crippen molar-refractivity contribution in [3.05, 3.63) is 71.4 Å². The summed E-state index contributed by atoms with van der Waals surface area (Å²) >= 11 is 0. The lowest BCUT2D eigenvalue weighted by molar-refractivity contribution is -0.118. The van der Waals surface area contributed by atoms with Crippen LogP contribution in [0.5, 0.6) is 0 Å². The topological polar surface area (TPSA) is 62.3 Å². The molecule has 2 heterocycles. The lowest BCUT2D eigenvalue weighted by Crippen LogP contribution is -2.40. The van der Waals surface area contributed by atoms with Gasteiger partial charge in [0.25, 0.3) is 5.91 Å². The van der Waals surface area contributed by atoms with Gasteiger partial charge in [-0.15, -0.1) is 0 Å². The third-order valence-corrected chi connectivity index (χ3v) is 7.23. The van der Waals surface area contributed by atoms with E-state index in [4.69, 9.17) is 0 Å². The number of nitrogens with one attached hydrogen (secondary N) is 1. The van der Waals surface area contributed by atoms with E-state index in [0.29, 0.717) is 13.1 Å². The number of hydrogen-bond acceptors (Lipinski definition) is 3. The molecule has 0 bridgehead atoms. The number of para-hydroxylation sites is 1. The normalized spacial score (nSPS) is 19.2. The molecule has 0 radical (unpaired) electrons. The Labute approximate surface area is 188 Å². The van der Waals surface area contributed by atoms with E-state index in [-0.39, 0.29) is 23.1 Å². The van der Waals surface area contributed by atoms with Crippen LogP contribution in [-0.2, 0) is 11.2 Å². The number of amides is 2. The van der Waals surface area contributed by atoms with E-state index in [1.54, 1.807) is 0 Å². The second-order valence-electron chi connectivity index (χ2n) is 9.28. The van der Waals surface area contributed by atoms with Crippen LogP contribution in [0.1, 0.15) is 47.8 Å². The largest absolute Gasteiger partial charge is 0.339 e. The number of carbonyl (C=O) groups is 2. The number of benzene rings is 2. The minimum atomic E-state index is 0.0519. The molecule has 5 nitrogen and oxygen atoms in total. The summed E-state index contributed by atoms with van der Waals surface area (Å²) in [6.07, 6.45) is 3.61. The van der Waals surface area contributed by atoms with E-state index in [0.717, 1.165) is 53.5 Å². The highest BCUT2D eigenvalue weighted by atomic mass is 16.2. The van der Waals surface area contributed by atoms with Crippen LogP contribution in [0.4, 0.5) is 5.69 Å². The van der Waals surface area contributed by atoms with Gasteiger partial charge < -0.3 is 10.2 Å². The van der Waals surface area contributed by atoms with Gasteiger partial charge in [0.15, 0.2) is 0 Å². The predicted molar refractivity (Wildman–Crippen MR) is 127 cm³/mol. The van der Waals surface area contributed by atoms with Crippen LogP contribution < -0.4 is 5.32 Å². The van der Waals surface area contributed by atoms with E-state index >= 15 is 0 Å². The summed E-state index contributed by atoms with van der Waals surface area (Å²) in [5.41, 5.74) is 4.59. The third kappa shape index (κ3) is 3.77. The van der Waals surface area contributed by atoms with Crippen molar-refractivity contribution in [2.24, 2.45) is 11.3 Å². The average Bonchev–Trinajstić information content (AvgIpc) is 3.52. The molecular formula is C27H29N3O2. The zero-order valence-electron chi connectivity index (χ0n) is 18.7. The number of anilines is 1. The molecule has 1 saturated heterocycles. The van der Waals surface area contributed by atoms with Gasteiger partial charge >= 0.3 is 0 Å². The van der Waals surface area contributed by atoms with Crippen molar-refractivity contribution in [1.82, 2.24) is 9.88 Å². The van der Waals surface area contributed by atoms with Crippen molar-refractivity contribution >= 4 is 28.4 Å². The van der Waals surface area contributed by atoms with Crippen LogP contribution in [0, 0.1) is 18.3 Å². The molecule has 1 atom stereocenters. The molecule has 2 amide bonds. The van der Waals surface area contributed by atoms with Crippen LogP contribution in [0.15, 0.2) is 54.6 Å². The quantitative estimate of drug-likeness (QED) is 0.638. The Kier molecular flexibility index (Phi) is 5.20. The Hall–Kier alpha value is -3.21. The summed E-state index contributed by atoms with van der Waals surface area (Å²) in [4.78, 5) is 32.8. The van der Waals surface area contributed by atoms with E-state index in [1.807, 2.05) is 54.3 Å². The third-order valence-electron chi connectivity index (χ3n) is 7.23. The predicted octanol–water partition coefficient (Wildman–Crippen LogP) is 4.99. The molecule has 2 fully saturated rings. The van der Waals surface area contributed by atoms with Crippen LogP contribution in [0.25, 0.3) is 10.9 Å². The fourth-order valence-electron chi connectivity index (χ4n) is 5.15. The SMILES string of the molecule is CCc1ccc2nc(C)cc(C(=O)N3CCC4(CC3)CC4C(=O)Nc3ccccc3)c2c1. The molecule has 3 aromatic rings. The molecular weight excluding hydrogens is 398 g/mol. The highest BCUT2D eigenvalue weighted by Crippen LogP contribution is 2.59. The maximum absolute atomic E-state index is 13.5. The van der Waals surface area contributed by atoms with Crippen LogP contribution in [0.3, 0.4) is 0 Å². The molecule has 5 heteroatoms. The molecule has 2 aromatic carbocycles. The second kappa shape index (κ2) is 8.05. The number of aromatic nitrogens is 1. The minimum Gasteiger partial charge on any atom is -0.339 e. The number of nitrogens with zero attached hydrogens (tertiary/aromatic N) is 2. The highest BCUT2D eigenvalue weighted by molar-refractivity contribution is 6.06. The minimum absolute atomic E-state index is 0.0519. The number of fused-ring (bicyclic) bond motifs is 1. The Morgan fingerprint density at radius 2 is 1.84 bits per heavy atom. The first-order chi connectivity index (χ1) is 15.5. The smallest absolute Gasteiger partial charge is 0.254 e. The molecule has 1 saturated carbocycles. The van der Waals surface area contributed by atoms with Gasteiger partial charge in [-0.05, 0) is 73.9 Å². The van der Waals surface area contributed by atoms with Crippen LogP contribution in [0.2, 0.25) is 0 Å². The molecule has 1 aliphatic heterocycles. The molecule has 1 unspecified atom stereocenters. The van der Waals surface area contributed by atoms with Crippen molar-refractivity contribution in [2.45, 2.75) is 39.5 Å². The standard InChI is InChI=1S/C27H29N3O2/c1-3-19-9-10-24-21(16-19)22(15-18(2)28-24)26(32)30-13-11-27(12-14-30)17-23(27)25(31)29-20-7-5-4-6-8-20/h4-10,15-16,23H,3,11-14,17H2,1-2H3,(H,29,31). The maximum atomic E-state index is 13.5. The van der Waals surface area contributed by atoms with E-state index < -0.39 is 0 Å². The molecule has 1 N–H and O–H groups in total. The van der Waals surface area contributed by atoms with E-state index in [1.165, 1.54) is 5.56 Å². The number of rotatable bonds is 4. The van der Waals surface area contributed by atoms with Gasteiger partial charge in [-0.3, -0.25) is 14.6 Å². The molecule has 1 aromatic heterocycles. The molecule has 32 heavy (non-hydrogen) atoms. The van der Waals surface area contributed by atoms with E-state index in [9.17, 15) is 9.59 Å². The molecule has 2 aliphatic rings. The van der Waals surface area contributed by atoms with Gasteiger partial charge in [0.2, 0.25) is 5.91 Å². The van der Waals surface area contributed by atoms with Crippen LogP contribution >= 0.6 is 0 Å². The summed E-state index contributed by atoms with van der Waals surface area (Å²) < 4.78 is 0. The molecule has 164 valence electrons. The second-order valence-corrected chi connectivity index (χ2v) is 9.28. The zero-order chi connectivity index (χ0) is 22.3. The average molecular weight is 428 g/mol. The first kappa shape index (κ1) is 20.7. The maximum Gasteiger partial charge on any atom is 0.254 e. The van der Waals surface area contributed by atoms with Gasteiger partial charge in [-0.2, -0.15) is 0 Å². The lowest BCUT2D eigenvalue weighted by Gasteiger charge is -2.33. The van der Waals surface area contributed by atoms with Gasteiger partial charge in [-0.1, -0.05) is 31.2 Å². The van der Waals surface area contributed by atoms with Crippen molar-refractivity contribution in [1.29, 1.82) is 0 Å². The van der Waals surface area contributed by atoms with E-state index in [2.05, 4.69) is 29.4 Å². The number of aryl methyl sites for hydroxylation is 2. The van der Waals surface area contributed by atoms with Crippen molar-refractivity contribution < 1.29 is 9.59 Å². The summed E-state index contributed by atoms with van der Waals surface area (Å²) in [5, 5.41) is 3.98. The number of carbonyl (C=O) groups excluding carboxylic acids is 2. The van der Waals surface area contributed by atoms with Crippen molar-refractivity contribution in [3.8, 4) is 0 Å². The Balaban J connectivity index is 1.28. The number of hydrogen-bond donors (Lipinski definition) is 1. The Morgan fingerprint density at radius 3 is 2.56 bits per heavy atom. The summed E-state index contributed by atoms with van der Waals surface area (Å²) in [6, 6.07) is 17.8.